The highest BCUT2D eigenvalue weighted by Gasteiger charge is 2.44. The van der Waals surface area contributed by atoms with Gasteiger partial charge < -0.3 is 14.9 Å². The Labute approximate surface area is 96.3 Å². The molecule has 3 N–H and O–H groups in total. The van der Waals surface area contributed by atoms with Crippen LogP contribution in [-0.4, -0.2) is 32.2 Å². The number of rotatable bonds is 2. The molecule has 0 amide bonds. The van der Waals surface area contributed by atoms with E-state index in [9.17, 15) is 14.7 Å². The lowest BCUT2D eigenvalue weighted by atomic mass is 10.0. The van der Waals surface area contributed by atoms with Crippen molar-refractivity contribution in [2.24, 2.45) is 5.92 Å². The zero-order chi connectivity index (χ0) is 12.6. The third kappa shape index (κ3) is 2.17. The Hall–Kier alpha value is -1.44. The number of ether oxygens (including phenoxy) is 1. The number of hydrogen-bond donors (Lipinski definition) is 3. The number of aromatic amines is 1. The summed E-state index contributed by atoms with van der Waals surface area (Å²) in [5, 5.41) is 18.8. The van der Waals surface area contributed by atoms with Gasteiger partial charge in [0.1, 0.15) is 6.23 Å². The lowest BCUT2D eigenvalue weighted by Gasteiger charge is -2.21. The molecule has 7 nitrogen and oxygen atoms in total. The van der Waals surface area contributed by atoms with E-state index in [1.807, 2.05) is 0 Å². The Balaban J connectivity index is 2.35. The summed E-state index contributed by atoms with van der Waals surface area (Å²) in [7, 11) is 0. The predicted octanol–water partition coefficient (Wildman–Crippen LogP) is -1.23. The van der Waals surface area contributed by atoms with Crippen LogP contribution in [0, 0.1) is 5.92 Å². The SMILES string of the molecule is C[C@H]1C[C@@](O)(CO)O[C@H]1n1ccc(=O)[nH]c1=O. The summed E-state index contributed by atoms with van der Waals surface area (Å²) in [5.74, 6) is -1.78. The fourth-order valence-electron chi connectivity index (χ4n) is 2.05. The van der Waals surface area contributed by atoms with Crippen molar-refractivity contribution in [3.05, 3.63) is 33.1 Å². The second-order valence-electron chi connectivity index (χ2n) is 4.31. The van der Waals surface area contributed by atoms with Gasteiger partial charge in [-0.15, -0.1) is 0 Å². The van der Waals surface area contributed by atoms with Crippen molar-refractivity contribution in [3.8, 4) is 0 Å². The van der Waals surface area contributed by atoms with Crippen molar-refractivity contribution in [1.29, 1.82) is 0 Å². The van der Waals surface area contributed by atoms with Gasteiger partial charge in [-0.2, -0.15) is 0 Å². The summed E-state index contributed by atoms with van der Waals surface area (Å²) in [4.78, 5) is 24.6. The van der Waals surface area contributed by atoms with Crippen LogP contribution in [0.1, 0.15) is 19.6 Å². The van der Waals surface area contributed by atoms with E-state index in [0.717, 1.165) is 0 Å². The first-order chi connectivity index (χ1) is 7.95. The Morgan fingerprint density at radius 3 is 2.88 bits per heavy atom. The van der Waals surface area contributed by atoms with Gasteiger partial charge in [-0.3, -0.25) is 14.3 Å². The molecule has 0 spiro atoms. The maximum atomic E-state index is 11.6. The van der Waals surface area contributed by atoms with Gasteiger partial charge in [-0.1, -0.05) is 6.92 Å². The average molecular weight is 242 g/mol. The van der Waals surface area contributed by atoms with Crippen LogP contribution in [0.25, 0.3) is 0 Å². The third-order valence-corrected chi connectivity index (χ3v) is 2.84. The van der Waals surface area contributed by atoms with Gasteiger partial charge in [-0.25, -0.2) is 4.79 Å². The van der Waals surface area contributed by atoms with Crippen molar-refractivity contribution in [3.63, 3.8) is 0 Å². The molecule has 0 aliphatic carbocycles. The van der Waals surface area contributed by atoms with E-state index < -0.39 is 29.9 Å². The molecular formula is C10H14N2O5. The Morgan fingerprint density at radius 1 is 1.65 bits per heavy atom. The largest absolute Gasteiger partial charge is 0.391 e. The van der Waals surface area contributed by atoms with Crippen LogP contribution < -0.4 is 11.2 Å². The molecule has 2 heterocycles. The monoisotopic (exact) mass is 242 g/mol. The second-order valence-corrected chi connectivity index (χ2v) is 4.31. The summed E-state index contributed by atoms with van der Waals surface area (Å²) < 4.78 is 6.46. The third-order valence-electron chi connectivity index (χ3n) is 2.84. The summed E-state index contributed by atoms with van der Waals surface area (Å²) in [6.07, 6.45) is 0.835. The highest BCUT2D eigenvalue weighted by molar-refractivity contribution is 4.89. The van der Waals surface area contributed by atoms with Crippen LogP contribution in [0.4, 0.5) is 0 Å². The van der Waals surface area contributed by atoms with Crippen molar-refractivity contribution in [2.75, 3.05) is 6.61 Å². The molecule has 0 bridgehead atoms. The first kappa shape index (κ1) is 12.0. The number of aliphatic hydroxyl groups is 2. The van der Waals surface area contributed by atoms with E-state index in [1.165, 1.54) is 16.8 Å². The smallest absolute Gasteiger partial charge is 0.330 e. The molecule has 1 aromatic heterocycles. The number of aromatic nitrogens is 2. The molecular weight excluding hydrogens is 228 g/mol. The quantitative estimate of drug-likeness (QED) is 0.602. The van der Waals surface area contributed by atoms with Gasteiger partial charge in [0.15, 0.2) is 5.79 Å². The molecule has 0 unspecified atom stereocenters. The first-order valence-electron chi connectivity index (χ1n) is 5.28. The van der Waals surface area contributed by atoms with Gasteiger partial charge in [0.2, 0.25) is 0 Å². The lowest BCUT2D eigenvalue weighted by molar-refractivity contribution is -0.227. The van der Waals surface area contributed by atoms with Crippen molar-refractivity contribution in [2.45, 2.75) is 25.4 Å². The molecule has 1 aromatic rings. The van der Waals surface area contributed by atoms with E-state index in [2.05, 4.69) is 4.98 Å². The second kappa shape index (κ2) is 4.10. The van der Waals surface area contributed by atoms with E-state index in [1.54, 1.807) is 6.92 Å². The molecule has 3 atom stereocenters. The van der Waals surface area contributed by atoms with Gasteiger partial charge >= 0.3 is 5.69 Å². The number of aliphatic hydroxyl groups excluding tert-OH is 1. The zero-order valence-electron chi connectivity index (χ0n) is 9.29. The molecule has 1 fully saturated rings. The molecule has 7 heteroatoms. The Morgan fingerprint density at radius 2 is 2.35 bits per heavy atom. The molecule has 17 heavy (non-hydrogen) atoms. The Bertz CT molecular complexity index is 522. The molecule has 94 valence electrons. The molecule has 2 rings (SSSR count). The van der Waals surface area contributed by atoms with Crippen LogP contribution >= 0.6 is 0 Å². The molecule has 1 aliphatic heterocycles. The topological polar surface area (TPSA) is 105 Å². The summed E-state index contributed by atoms with van der Waals surface area (Å²) in [6, 6.07) is 1.20. The van der Waals surface area contributed by atoms with Crippen LogP contribution in [-0.2, 0) is 4.74 Å². The molecule has 1 saturated heterocycles. The van der Waals surface area contributed by atoms with E-state index in [0.29, 0.717) is 0 Å². The zero-order valence-corrected chi connectivity index (χ0v) is 9.29. The van der Waals surface area contributed by atoms with Gasteiger partial charge in [0, 0.05) is 24.6 Å². The van der Waals surface area contributed by atoms with E-state index in [4.69, 9.17) is 9.84 Å². The van der Waals surface area contributed by atoms with Gasteiger partial charge in [-0.05, 0) is 0 Å². The molecule has 0 aromatic carbocycles. The fourth-order valence-corrected chi connectivity index (χ4v) is 2.05. The Kier molecular flexibility index (Phi) is 2.90. The highest BCUT2D eigenvalue weighted by atomic mass is 16.7. The average Bonchev–Trinajstić information content (AvgIpc) is 2.55. The van der Waals surface area contributed by atoms with Crippen LogP contribution in [0.2, 0.25) is 0 Å². The minimum atomic E-state index is -1.63. The molecule has 0 saturated carbocycles. The molecule has 1 aliphatic rings. The van der Waals surface area contributed by atoms with Crippen LogP contribution in [0.5, 0.6) is 0 Å². The van der Waals surface area contributed by atoms with Crippen molar-refractivity contribution >= 4 is 0 Å². The van der Waals surface area contributed by atoms with Gasteiger partial charge in [0.25, 0.3) is 5.56 Å². The normalized spacial score (nSPS) is 32.9. The first-order valence-corrected chi connectivity index (χ1v) is 5.28. The van der Waals surface area contributed by atoms with Crippen molar-refractivity contribution < 1.29 is 14.9 Å². The predicted molar refractivity (Wildman–Crippen MR) is 57.3 cm³/mol. The fraction of sp³-hybridized carbons (Fsp3) is 0.600. The number of hydrogen-bond acceptors (Lipinski definition) is 5. The number of nitrogens with one attached hydrogen (secondary N) is 1. The maximum absolute atomic E-state index is 11.6. The maximum Gasteiger partial charge on any atom is 0.330 e. The van der Waals surface area contributed by atoms with Gasteiger partial charge in [0.05, 0.1) is 6.61 Å². The molecule has 0 radical (unpaired) electrons. The summed E-state index contributed by atoms with van der Waals surface area (Å²) >= 11 is 0. The summed E-state index contributed by atoms with van der Waals surface area (Å²) in [5.41, 5.74) is -1.09. The number of H-pyrrole nitrogens is 1. The van der Waals surface area contributed by atoms with Crippen LogP contribution in [0.3, 0.4) is 0 Å². The van der Waals surface area contributed by atoms with E-state index >= 15 is 0 Å². The van der Waals surface area contributed by atoms with Crippen LogP contribution in [0.15, 0.2) is 21.9 Å². The standard InChI is InChI=1S/C10H14N2O5/c1-6-4-10(16,5-13)17-8(6)12-3-2-7(14)11-9(12)15/h2-3,6,8,13,16H,4-5H2,1H3,(H,11,14,15)/t6-,8+,10-/m0/s1. The lowest BCUT2D eigenvalue weighted by Crippen LogP contribution is -2.36. The minimum Gasteiger partial charge on any atom is -0.391 e. The minimum absolute atomic E-state index is 0.157. The number of nitrogens with zero attached hydrogens (tertiary/aromatic N) is 1. The van der Waals surface area contributed by atoms with Crippen molar-refractivity contribution in [1.82, 2.24) is 9.55 Å². The summed E-state index contributed by atoms with van der Waals surface area (Å²) in [6.45, 7) is 1.25. The highest BCUT2D eigenvalue weighted by Crippen LogP contribution is 2.38. The van der Waals surface area contributed by atoms with E-state index in [-0.39, 0.29) is 12.3 Å².